The van der Waals surface area contributed by atoms with E-state index in [0.29, 0.717) is 13.0 Å². The summed E-state index contributed by atoms with van der Waals surface area (Å²) in [6.45, 7) is 0.750. The second-order valence-corrected chi connectivity index (χ2v) is 2.76. The summed E-state index contributed by atoms with van der Waals surface area (Å²) in [6.07, 6.45) is -4.30. The molecule has 3 nitrogen and oxygen atoms in total. The molecule has 0 aromatic carbocycles. The molecule has 1 rings (SSSR count). The van der Waals surface area contributed by atoms with Crippen LogP contribution in [0.2, 0.25) is 0 Å². The maximum atomic E-state index is 11.9. The molecule has 6 heteroatoms. The molecule has 76 valence electrons. The van der Waals surface area contributed by atoms with Crippen molar-refractivity contribution in [3.63, 3.8) is 0 Å². The molecule has 1 fully saturated rings. The lowest BCUT2D eigenvalue weighted by atomic mass is 10.4. The molecule has 1 aliphatic rings. The van der Waals surface area contributed by atoms with Crippen LogP contribution in [0, 0.1) is 0 Å². The largest absolute Gasteiger partial charge is 0.471 e. The minimum absolute atomic E-state index is 0.0261. The van der Waals surface area contributed by atoms with Crippen molar-refractivity contribution in [3.05, 3.63) is 0 Å². The number of nitrogens with zero attached hydrogens (tertiary/aromatic N) is 1. The van der Waals surface area contributed by atoms with Gasteiger partial charge in [0.2, 0.25) is 0 Å². The highest BCUT2D eigenvalue weighted by molar-refractivity contribution is 5.81. The number of alkyl halides is 3. The van der Waals surface area contributed by atoms with E-state index in [2.05, 4.69) is 0 Å². The average molecular weight is 197 g/mol. The fourth-order valence-corrected chi connectivity index (χ4v) is 1.13. The maximum absolute atomic E-state index is 11.9. The molecule has 0 saturated carbocycles. The molecular formula is C7H10F3NO2. The van der Waals surface area contributed by atoms with Crippen molar-refractivity contribution in [2.45, 2.75) is 12.6 Å². The quantitative estimate of drug-likeness (QED) is 0.574. The highest BCUT2D eigenvalue weighted by Gasteiger charge is 2.42. The van der Waals surface area contributed by atoms with Crippen molar-refractivity contribution in [1.29, 1.82) is 0 Å². The maximum Gasteiger partial charge on any atom is 0.471 e. The predicted octanol–water partition coefficient (Wildman–Crippen LogP) is 0.798. The SMILES string of the molecule is O=C(N1CCCOCC1)C(F)(F)F. The van der Waals surface area contributed by atoms with Gasteiger partial charge in [0.05, 0.1) is 6.61 Å². The van der Waals surface area contributed by atoms with Crippen molar-refractivity contribution in [1.82, 2.24) is 4.90 Å². The highest BCUT2D eigenvalue weighted by Crippen LogP contribution is 2.18. The van der Waals surface area contributed by atoms with Crippen LogP contribution in [0.5, 0.6) is 0 Å². The Morgan fingerprint density at radius 3 is 2.54 bits per heavy atom. The number of ether oxygens (including phenoxy) is 1. The number of halogens is 3. The van der Waals surface area contributed by atoms with E-state index in [1.54, 1.807) is 0 Å². The van der Waals surface area contributed by atoms with Crippen LogP contribution in [0.3, 0.4) is 0 Å². The number of rotatable bonds is 0. The zero-order chi connectivity index (χ0) is 9.90. The lowest BCUT2D eigenvalue weighted by Crippen LogP contribution is -2.42. The van der Waals surface area contributed by atoms with Gasteiger partial charge in [-0.05, 0) is 6.42 Å². The van der Waals surface area contributed by atoms with E-state index in [-0.39, 0.29) is 19.7 Å². The van der Waals surface area contributed by atoms with Gasteiger partial charge in [-0.1, -0.05) is 0 Å². The first-order valence-corrected chi connectivity index (χ1v) is 3.95. The van der Waals surface area contributed by atoms with Gasteiger partial charge in [-0.2, -0.15) is 13.2 Å². The van der Waals surface area contributed by atoms with Gasteiger partial charge >= 0.3 is 12.1 Å². The Balaban J connectivity index is 2.54. The molecule has 0 N–H and O–H groups in total. The Morgan fingerprint density at radius 2 is 1.92 bits per heavy atom. The second kappa shape index (κ2) is 3.95. The molecular weight excluding hydrogens is 187 g/mol. The van der Waals surface area contributed by atoms with Gasteiger partial charge in [-0.15, -0.1) is 0 Å². The zero-order valence-corrected chi connectivity index (χ0v) is 6.93. The van der Waals surface area contributed by atoms with Crippen LogP contribution >= 0.6 is 0 Å². The smallest absolute Gasteiger partial charge is 0.380 e. The minimum atomic E-state index is -4.76. The van der Waals surface area contributed by atoms with E-state index < -0.39 is 12.1 Å². The molecule has 1 saturated heterocycles. The van der Waals surface area contributed by atoms with Gasteiger partial charge < -0.3 is 9.64 Å². The molecule has 13 heavy (non-hydrogen) atoms. The summed E-state index contributed by atoms with van der Waals surface area (Å²) in [5, 5.41) is 0. The Morgan fingerprint density at radius 1 is 1.23 bits per heavy atom. The van der Waals surface area contributed by atoms with Crippen LogP contribution in [0.1, 0.15) is 6.42 Å². The summed E-state index contributed by atoms with van der Waals surface area (Å²) < 4.78 is 40.7. The van der Waals surface area contributed by atoms with Gasteiger partial charge in [0.1, 0.15) is 0 Å². The monoisotopic (exact) mass is 197 g/mol. The molecule has 0 radical (unpaired) electrons. The average Bonchev–Trinajstić information content (AvgIpc) is 2.28. The second-order valence-electron chi connectivity index (χ2n) is 2.76. The van der Waals surface area contributed by atoms with Crippen LogP contribution in [0.25, 0.3) is 0 Å². The van der Waals surface area contributed by atoms with E-state index in [1.165, 1.54) is 0 Å². The number of carbonyl (C=O) groups is 1. The van der Waals surface area contributed by atoms with Crippen molar-refractivity contribution >= 4 is 5.91 Å². The first-order chi connectivity index (χ1) is 6.02. The first kappa shape index (κ1) is 10.3. The minimum Gasteiger partial charge on any atom is -0.380 e. The summed E-state index contributed by atoms with van der Waals surface area (Å²) in [5.41, 5.74) is 0. The number of amides is 1. The number of hydrogen-bond donors (Lipinski definition) is 0. The van der Waals surface area contributed by atoms with Crippen LogP contribution < -0.4 is 0 Å². The number of carbonyl (C=O) groups excluding carboxylic acids is 1. The Bertz CT molecular complexity index is 185. The van der Waals surface area contributed by atoms with E-state index in [9.17, 15) is 18.0 Å². The molecule has 0 spiro atoms. The van der Waals surface area contributed by atoms with Crippen molar-refractivity contribution < 1.29 is 22.7 Å². The zero-order valence-electron chi connectivity index (χ0n) is 6.93. The third-order valence-electron chi connectivity index (χ3n) is 1.75. The molecule has 0 bridgehead atoms. The van der Waals surface area contributed by atoms with Crippen LogP contribution in [0.4, 0.5) is 13.2 Å². The highest BCUT2D eigenvalue weighted by atomic mass is 19.4. The summed E-state index contributed by atoms with van der Waals surface area (Å²) in [5.74, 6) is -1.77. The molecule has 0 aromatic heterocycles. The van der Waals surface area contributed by atoms with Crippen molar-refractivity contribution in [2.24, 2.45) is 0 Å². The lowest BCUT2D eigenvalue weighted by molar-refractivity contribution is -0.185. The normalized spacial score (nSPS) is 19.8. The Kier molecular flexibility index (Phi) is 3.13. The molecule has 0 aromatic rings. The van der Waals surface area contributed by atoms with Crippen LogP contribution in [0.15, 0.2) is 0 Å². The third kappa shape index (κ3) is 2.87. The fraction of sp³-hybridized carbons (Fsp3) is 0.857. The molecule has 1 aliphatic heterocycles. The summed E-state index contributed by atoms with van der Waals surface area (Å²) >= 11 is 0. The number of hydrogen-bond acceptors (Lipinski definition) is 2. The van der Waals surface area contributed by atoms with E-state index in [0.717, 1.165) is 4.90 Å². The first-order valence-electron chi connectivity index (χ1n) is 3.95. The van der Waals surface area contributed by atoms with Gasteiger partial charge in [0.25, 0.3) is 0 Å². The molecule has 1 amide bonds. The van der Waals surface area contributed by atoms with E-state index >= 15 is 0 Å². The van der Waals surface area contributed by atoms with Gasteiger partial charge in [-0.25, -0.2) is 0 Å². The van der Waals surface area contributed by atoms with Crippen LogP contribution in [-0.2, 0) is 9.53 Å². The summed E-state index contributed by atoms with van der Waals surface area (Å²) in [4.78, 5) is 11.5. The summed E-state index contributed by atoms with van der Waals surface area (Å²) in [7, 11) is 0. The van der Waals surface area contributed by atoms with E-state index in [4.69, 9.17) is 4.74 Å². The predicted molar refractivity (Wildman–Crippen MR) is 38.1 cm³/mol. The molecule has 0 aliphatic carbocycles. The van der Waals surface area contributed by atoms with Crippen molar-refractivity contribution in [2.75, 3.05) is 26.3 Å². The van der Waals surface area contributed by atoms with Gasteiger partial charge in [-0.3, -0.25) is 4.79 Å². The summed E-state index contributed by atoms with van der Waals surface area (Å²) in [6, 6.07) is 0. The van der Waals surface area contributed by atoms with E-state index in [1.807, 2.05) is 0 Å². The third-order valence-corrected chi connectivity index (χ3v) is 1.75. The van der Waals surface area contributed by atoms with Crippen LogP contribution in [-0.4, -0.2) is 43.3 Å². The molecule has 0 atom stereocenters. The molecule has 0 unspecified atom stereocenters. The topological polar surface area (TPSA) is 29.5 Å². The Hall–Kier alpha value is -0.780. The molecule has 1 heterocycles. The van der Waals surface area contributed by atoms with Crippen molar-refractivity contribution in [3.8, 4) is 0 Å². The lowest BCUT2D eigenvalue weighted by Gasteiger charge is -2.20. The standard InChI is InChI=1S/C7H10F3NO2/c8-7(9,10)6(12)11-2-1-4-13-5-3-11/h1-5H2. The van der Waals surface area contributed by atoms with Gasteiger partial charge in [0.15, 0.2) is 0 Å². The Labute approximate surface area is 73.5 Å². The fourth-order valence-electron chi connectivity index (χ4n) is 1.13. The van der Waals surface area contributed by atoms with Gasteiger partial charge in [0, 0.05) is 19.7 Å².